The van der Waals surface area contributed by atoms with E-state index in [0.29, 0.717) is 25.6 Å². The fourth-order valence-electron chi connectivity index (χ4n) is 19.7. The number of carbonyl (C=O) groups excluding carboxylic acids is 2. The van der Waals surface area contributed by atoms with Gasteiger partial charge in [-0.05, 0) is 288 Å². The molecule has 0 saturated heterocycles. The molecule has 0 spiro atoms. The smallest absolute Gasteiger partial charge is 0.266 e. The number of imide groups is 1. The van der Waals surface area contributed by atoms with Crippen LogP contribution in [-0.4, -0.2) is 30.9 Å². The second kappa shape index (κ2) is 49.5. The second-order valence-electron chi connectivity index (χ2n) is 38.0. The van der Waals surface area contributed by atoms with Crippen LogP contribution in [0.2, 0.25) is 0 Å². The van der Waals surface area contributed by atoms with Gasteiger partial charge >= 0.3 is 93.3 Å². The molecule has 2 amide bonds. The van der Waals surface area contributed by atoms with Crippen molar-refractivity contribution in [1.82, 2.24) is 4.57 Å². The van der Waals surface area contributed by atoms with Crippen molar-refractivity contribution in [3.8, 4) is 50.3 Å². The minimum atomic E-state index is -0.250. The molecule has 20 aromatic rings. The molecule has 16 aromatic carbocycles. The average molecular weight is 1970 g/mol. The molecule has 1 aliphatic rings. The van der Waals surface area contributed by atoms with Crippen molar-refractivity contribution in [2.24, 2.45) is 0 Å². The summed E-state index contributed by atoms with van der Waals surface area (Å²) in [6, 6.07) is 125. The first-order valence-corrected chi connectivity index (χ1v) is 54.9. The Morgan fingerprint density at radius 1 is 0.357 bits per heavy atom. The molecular formula is C134H132N4O2S2Se. The number of hydrogen-bond donors (Lipinski definition) is 0. The quantitative estimate of drug-likeness (QED) is 0.0129. The summed E-state index contributed by atoms with van der Waals surface area (Å²) >= 11 is 4.47. The van der Waals surface area contributed by atoms with Crippen molar-refractivity contribution < 1.29 is 9.59 Å². The molecule has 0 fully saturated rings. The zero-order valence-electron chi connectivity index (χ0n) is 85.3. The standard InChI is InChI=1S/C41H33NO2.C21H17N.C21H32S2.C19H15N.C19H17N.C13H18Se/c1-22(2)26-8-6-9-27(23(3)4)39(26)42-40(43)34-20-18-32-30-11-7-10-29-28(25-14-12-24(5)13-15-25)16-17-31(36(29)30)33-19-21-35(41(42)44)38(34)37(32)33;1-2-9-18-14-16-21(17-15-18)22(19-10-5-3-6-11-19)20-12-7-4-8-13-20;1-4-6-8-10-12-18-15-20(22-16-18)21-19(14-17(3)23-21)13-11-9-7-5-2;1-14-11-12-19-17(13-14)16-9-5-6-10-18(16)20(19)15-7-3-2-4-8-15;1-16-12-14-19(15-13-16)20(17-8-4-2-5-9-17)18-10-6-3-7-11-18;1-3-5-6-7-9-12-10-13(8-4-2)14-11-12/h6-23H,1-5H3;3-8,10-17H,1H3;14-16H,4-13H2,1-3H3;2-13H,1H3;2-15H,1H3;10-11H,3,5-7,9H2,1-2H3. The molecular weight excluding hydrogens is 1840 g/mol. The normalized spacial score (nSPS) is 11.4. The summed E-state index contributed by atoms with van der Waals surface area (Å²) in [5.74, 6) is 12.0. The van der Waals surface area contributed by atoms with E-state index in [1.165, 1.54) is 204 Å². The zero-order valence-corrected chi connectivity index (χ0v) is 88.7. The van der Waals surface area contributed by atoms with Crippen LogP contribution in [-0.2, 0) is 19.3 Å². The first-order valence-electron chi connectivity index (χ1n) is 51.3. The summed E-state index contributed by atoms with van der Waals surface area (Å²) in [6.45, 7) is 27.7. The summed E-state index contributed by atoms with van der Waals surface area (Å²) in [6.07, 6.45) is 20.0. The molecule has 143 heavy (non-hydrogen) atoms. The average Bonchev–Trinajstić information content (AvgIpc) is 1.20. The fraction of sp³-hybridized carbons (Fsp3) is 0.224. The Morgan fingerprint density at radius 3 is 1.33 bits per heavy atom. The monoisotopic (exact) mass is 1970 g/mol. The molecule has 0 bridgehead atoms. The van der Waals surface area contributed by atoms with Gasteiger partial charge in [-0.1, -0.05) is 315 Å². The van der Waals surface area contributed by atoms with E-state index in [-0.39, 0.29) is 23.7 Å². The number of hydrogen-bond acceptors (Lipinski definition) is 6. The summed E-state index contributed by atoms with van der Waals surface area (Å²) < 4.78 is 3.69. The van der Waals surface area contributed by atoms with E-state index >= 15 is 0 Å². The molecule has 9 heteroatoms. The SMILES string of the molecule is CC#Cc1cc(CCCCCC)c[se]1.CC#Cc1ccc(N(c2ccccc2)c2ccccc2)cc1.CCCCCCc1csc(-c2sc(C)cc2CCCCCC)c1.Cc1ccc(-c2ccc3c4ccc5c6c(ccc(c7cccc2c73)c64)C(=O)N(c2c(C(C)C)cccc2C(C)C)C5=O)cc1.Cc1ccc(N(c2ccccc2)c2ccccc2)cc1.Cc1ccc2c(c1)c1ccccc1n2-c1ccccc1. The van der Waals surface area contributed by atoms with Gasteiger partial charge in [0.1, 0.15) is 0 Å². The molecule has 0 saturated carbocycles. The Hall–Kier alpha value is -14.1. The number of benzene rings is 16. The molecule has 0 N–H and O–H groups in total. The molecule has 21 rings (SSSR count). The summed E-state index contributed by atoms with van der Waals surface area (Å²) in [5, 5.41) is 13.6. The number of nitrogens with zero attached hydrogens (tertiary/aromatic N) is 4. The van der Waals surface area contributed by atoms with Crippen LogP contribution in [0.25, 0.3) is 91.5 Å². The number of anilines is 7. The maximum atomic E-state index is 14.5. The Kier molecular flexibility index (Phi) is 35.3. The molecule has 0 radical (unpaired) electrons. The second-order valence-corrected chi connectivity index (χ2v) is 42.1. The van der Waals surface area contributed by atoms with Gasteiger partial charge in [0.25, 0.3) is 11.8 Å². The van der Waals surface area contributed by atoms with E-state index in [0.717, 1.165) is 71.8 Å². The summed E-state index contributed by atoms with van der Waals surface area (Å²) in [7, 11) is 0. The number of aromatic nitrogens is 1. The van der Waals surface area contributed by atoms with Crippen LogP contribution in [0.4, 0.5) is 39.8 Å². The number of rotatable bonds is 27. The zero-order chi connectivity index (χ0) is 99.7. The maximum Gasteiger partial charge on any atom is 0.266 e. The summed E-state index contributed by atoms with van der Waals surface area (Å²) in [4.78, 5) is 41.8. The minimum absolute atomic E-state index is 0.155. The van der Waals surface area contributed by atoms with Crippen LogP contribution >= 0.6 is 22.7 Å². The predicted octanol–water partition coefficient (Wildman–Crippen LogP) is 38.1. The molecule has 0 unspecified atom stereocenters. The number of amides is 2. The van der Waals surface area contributed by atoms with E-state index in [4.69, 9.17) is 0 Å². The van der Waals surface area contributed by atoms with Gasteiger partial charge in [0.15, 0.2) is 0 Å². The van der Waals surface area contributed by atoms with Gasteiger partial charge in [-0.3, -0.25) is 9.59 Å². The van der Waals surface area contributed by atoms with Crippen LogP contribution in [0, 0.1) is 51.4 Å². The molecule has 5 heterocycles. The molecule has 6 nitrogen and oxygen atoms in total. The van der Waals surface area contributed by atoms with Crippen LogP contribution in [0.15, 0.2) is 368 Å². The van der Waals surface area contributed by atoms with E-state index in [1.54, 1.807) is 16.0 Å². The number of thiophene rings is 2. The van der Waals surface area contributed by atoms with Crippen molar-refractivity contribution in [1.29, 1.82) is 0 Å². The largest absolute Gasteiger partial charge is 0.311 e. The first-order chi connectivity index (χ1) is 69.9. The Morgan fingerprint density at radius 2 is 0.797 bits per heavy atom. The van der Waals surface area contributed by atoms with Crippen LogP contribution in [0.3, 0.4) is 0 Å². The Balaban J connectivity index is 0.000000129. The van der Waals surface area contributed by atoms with E-state index < -0.39 is 0 Å². The van der Waals surface area contributed by atoms with Gasteiger partial charge in [-0.2, -0.15) is 0 Å². The van der Waals surface area contributed by atoms with Crippen molar-refractivity contribution in [3.63, 3.8) is 0 Å². The fourth-order valence-corrected chi connectivity index (χ4v) is 23.6. The van der Waals surface area contributed by atoms with Gasteiger partial charge in [0, 0.05) is 87.3 Å². The number of carbonyl (C=O) groups is 2. The maximum absolute atomic E-state index is 14.5. The van der Waals surface area contributed by atoms with E-state index in [1.807, 2.05) is 91.1 Å². The number of aryl methyl sites for hydroxylation is 7. The number of para-hydroxylation sites is 7. The van der Waals surface area contributed by atoms with Crippen molar-refractivity contribution in [2.45, 2.75) is 198 Å². The van der Waals surface area contributed by atoms with Gasteiger partial charge < -0.3 is 14.4 Å². The van der Waals surface area contributed by atoms with Crippen LogP contribution in [0.5, 0.6) is 0 Å². The minimum Gasteiger partial charge on any atom is -0.311 e. The van der Waals surface area contributed by atoms with E-state index in [9.17, 15) is 9.59 Å². The first kappa shape index (κ1) is 102. The molecule has 0 atom stereocenters. The van der Waals surface area contributed by atoms with Gasteiger partial charge in [0.05, 0.1) is 16.7 Å². The molecule has 4 aromatic heterocycles. The third-order valence-corrected chi connectivity index (χ3v) is 30.9. The number of fused-ring (bicyclic) bond motifs is 5. The summed E-state index contributed by atoms with van der Waals surface area (Å²) in [5.41, 5.74) is 26.5. The number of unbranched alkanes of at least 4 members (excludes halogenated alkanes) is 9. The topological polar surface area (TPSA) is 48.8 Å². The Bertz CT molecular complexity index is 7590. The van der Waals surface area contributed by atoms with E-state index in [2.05, 4.69) is 428 Å². The predicted molar refractivity (Wildman–Crippen MR) is 620 cm³/mol. The third-order valence-electron chi connectivity index (χ3n) is 26.8. The van der Waals surface area contributed by atoms with Crippen molar-refractivity contribution in [2.75, 3.05) is 14.7 Å². The Labute approximate surface area is 862 Å². The molecule has 0 aliphatic carbocycles. The molecule has 718 valence electrons. The molecule has 1 aliphatic heterocycles. The van der Waals surface area contributed by atoms with Crippen LogP contribution in [0.1, 0.15) is 231 Å². The van der Waals surface area contributed by atoms with Crippen LogP contribution < -0.4 is 14.7 Å². The van der Waals surface area contributed by atoms with Gasteiger partial charge in [0.2, 0.25) is 0 Å². The van der Waals surface area contributed by atoms with Gasteiger partial charge in [-0.25, -0.2) is 4.90 Å². The van der Waals surface area contributed by atoms with Crippen molar-refractivity contribution >= 4 is 154 Å². The van der Waals surface area contributed by atoms with Crippen molar-refractivity contribution in [3.05, 3.63) is 439 Å². The third kappa shape index (κ3) is 24.3. The van der Waals surface area contributed by atoms with Gasteiger partial charge in [-0.15, -0.1) is 28.6 Å².